The van der Waals surface area contributed by atoms with E-state index in [9.17, 15) is 0 Å². The van der Waals surface area contributed by atoms with Gasteiger partial charge in [0.2, 0.25) is 0 Å². The summed E-state index contributed by atoms with van der Waals surface area (Å²) in [6.07, 6.45) is 1.54. The van der Waals surface area contributed by atoms with Crippen molar-refractivity contribution in [1.82, 2.24) is 9.97 Å². The second-order valence-electron chi connectivity index (χ2n) is 3.99. The Morgan fingerprint density at radius 2 is 2.00 bits per heavy atom. The lowest BCUT2D eigenvalue weighted by Crippen LogP contribution is -2.30. The molecule has 0 aliphatic carbocycles. The maximum Gasteiger partial charge on any atom is 0.131 e. The highest BCUT2D eigenvalue weighted by atomic mass is 16.5. The zero-order valence-corrected chi connectivity index (χ0v) is 10.3. The third-order valence-corrected chi connectivity index (χ3v) is 2.41. The molecule has 1 aromatic heterocycles. The number of hydrogen-bond donors (Lipinski definition) is 2. The fourth-order valence-corrected chi connectivity index (χ4v) is 1.34. The van der Waals surface area contributed by atoms with Gasteiger partial charge in [-0.05, 0) is 5.92 Å². The average Bonchev–Trinajstić information content (AvgIpc) is 2.28. The first-order valence-corrected chi connectivity index (χ1v) is 5.42. The second-order valence-corrected chi connectivity index (χ2v) is 3.99. The molecule has 2 N–H and O–H groups in total. The van der Waals surface area contributed by atoms with E-state index in [1.807, 2.05) is 13.1 Å². The van der Waals surface area contributed by atoms with Gasteiger partial charge in [0.05, 0.1) is 12.6 Å². The molecule has 5 heteroatoms. The molecule has 0 amide bonds. The van der Waals surface area contributed by atoms with E-state index in [0.717, 1.165) is 11.6 Å². The van der Waals surface area contributed by atoms with Crippen molar-refractivity contribution in [2.45, 2.75) is 19.9 Å². The van der Waals surface area contributed by atoms with Gasteiger partial charge in [-0.2, -0.15) is 0 Å². The Labute approximate surface area is 96.6 Å². The highest BCUT2D eigenvalue weighted by Gasteiger charge is 2.13. The van der Waals surface area contributed by atoms with E-state index in [1.165, 1.54) is 0 Å². The zero-order valence-electron chi connectivity index (χ0n) is 10.3. The molecule has 1 aromatic rings. The van der Waals surface area contributed by atoms with Crippen LogP contribution in [0.15, 0.2) is 12.4 Å². The van der Waals surface area contributed by atoms with Gasteiger partial charge in [0.25, 0.3) is 0 Å². The summed E-state index contributed by atoms with van der Waals surface area (Å²) in [4.78, 5) is 8.24. The second kappa shape index (κ2) is 6.27. The highest BCUT2D eigenvalue weighted by Crippen LogP contribution is 2.12. The molecule has 0 saturated carbocycles. The molecule has 1 unspecified atom stereocenters. The maximum atomic E-state index is 5.17. The van der Waals surface area contributed by atoms with E-state index in [2.05, 4.69) is 34.4 Å². The van der Waals surface area contributed by atoms with Crippen molar-refractivity contribution >= 4 is 11.6 Å². The number of methoxy groups -OCH3 is 1. The molecule has 90 valence electrons. The van der Waals surface area contributed by atoms with E-state index in [0.29, 0.717) is 12.5 Å². The van der Waals surface area contributed by atoms with Crippen LogP contribution in [-0.4, -0.2) is 36.8 Å². The van der Waals surface area contributed by atoms with Crippen LogP contribution in [0.4, 0.5) is 11.6 Å². The quantitative estimate of drug-likeness (QED) is 0.768. The molecule has 1 atom stereocenters. The lowest BCUT2D eigenvalue weighted by Gasteiger charge is -2.22. The Bertz CT molecular complexity index is 317. The van der Waals surface area contributed by atoms with Crippen molar-refractivity contribution in [3.8, 4) is 0 Å². The lowest BCUT2D eigenvalue weighted by molar-refractivity contribution is 0.171. The van der Waals surface area contributed by atoms with E-state index in [1.54, 1.807) is 13.4 Å². The van der Waals surface area contributed by atoms with Crippen LogP contribution in [0.1, 0.15) is 13.8 Å². The molecular formula is C11H20N4O. The van der Waals surface area contributed by atoms with Crippen LogP contribution in [0.5, 0.6) is 0 Å². The number of nitrogens with one attached hydrogen (secondary N) is 2. The van der Waals surface area contributed by atoms with Gasteiger partial charge in [0, 0.05) is 20.2 Å². The summed E-state index contributed by atoms with van der Waals surface area (Å²) < 4.78 is 5.17. The third-order valence-electron chi connectivity index (χ3n) is 2.41. The highest BCUT2D eigenvalue weighted by molar-refractivity contribution is 5.46. The largest absolute Gasteiger partial charge is 0.383 e. The molecule has 1 rings (SSSR count). The summed E-state index contributed by atoms with van der Waals surface area (Å²) >= 11 is 0. The van der Waals surface area contributed by atoms with Crippen LogP contribution in [0.3, 0.4) is 0 Å². The Hall–Kier alpha value is -1.36. The number of aromatic nitrogens is 2. The Balaban J connectivity index is 2.68. The molecule has 0 spiro atoms. The zero-order chi connectivity index (χ0) is 12.0. The van der Waals surface area contributed by atoms with Gasteiger partial charge in [-0.25, -0.2) is 9.97 Å². The lowest BCUT2D eigenvalue weighted by atomic mass is 10.1. The van der Waals surface area contributed by atoms with E-state index >= 15 is 0 Å². The fraction of sp³-hybridized carbons (Fsp3) is 0.636. The molecule has 0 radical (unpaired) electrons. The number of anilines is 2. The molecule has 0 bridgehead atoms. The first-order valence-electron chi connectivity index (χ1n) is 5.42. The number of rotatable bonds is 6. The maximum absolute atomic E-state index is 5.17. The van der Waals surface area contributed by atoms with Gasteiger partial charge < -0.3 is 15.4 Å². The monoisotopic (exact) mass is 224 g/mol. The van der Waals surface area contributed by atoms with Crippen molar-refractivity contribution in [2.75, 3.05) is 31.4 Å². The normalized spacial score (nSPS) is 12.6. The van der Waals surface area contributed by atoms with Gasteiger partial charge in [0.1, 0.15) is 18.0 Å². The minimum Gasteiger partial charge on any atom is -0.383 e. The van der Waals surface area contributed by atoms with Crippen molar-refractivity contribution in [3.63, 3.8) is 0 Å². The van der Waals surface area contributed by atoms with Crippen molar-refractivity contribution in [2.24, 2.45) is 5.92 Å². The minimum atomic E-state index is 0.254. The van der Waals surface area contributed by atoms with Gasteiger partial charge in [-0.3, -0.25) is 0 Å². The van der Waals surface area contributed by atoms with E-state index < -0.39 is 0 Å². The van der Waals surface area contributed by atoms with Gasteiger partial charge >= 0.3 is 0 Å². The van der Waals surface area contributed by atoms with Gasteiger partial charge in [-0.15, -0.1) is 0 Å². The SMILES string of the molecule is CNc1cc(NC(COC)C(C)C)ncn1. The van der Waals surface area contributed by atoms with Crippen molar-refractivity contribution in [1.29, 1.82) is 0 Å². The summed E-state index contributed by atoms with van der Waals surface area (Å²) in [6.45, 7) is 4.96. The number of ether oxygens (including phenoxy) is 1. The molecule has 0 aliphatic heterocycles. The van der Waals surface area contributed by atoms with Crippen LogP contribution in [-0.2, 0) is 4.74 Å². The Morgan fingerprint density at radius 3 is 2.56 bits per heavy atom. The number of nitrogens with zero attached hydrogens (tertiary/aromatic N) is 2. The smallest absolute Gasteiger partial charge is 0.131 e. The molecule has 1 heterocycles. The fourth-order valence-electron chi connectivity index (χ4n) is 1.34. The summed E-state index contributed by atoms with van der Waals surface area (Å²) in [6, 6.07) is 2.13. The summed E-state index contributed by atoms with van der Waals surface area (Å²) in [5.74, 6) is 2.10. The van der Waals surface area contributed by atoms with Crippen LogP contribution in [0.25, 0.3) is 0 Å². The van der Waals surface area contributed by atoms with Crippen LogP contribution < -0.4 is 10.6 Å². The summed E-state index contributed by atoms with van der Waals surface area (Å²) in [5, 5.41) is 6.32. The predicted molar refractivity (Wildman–Crippen MR) is 65.7 cm³/mol. The van der Waals surface area contributed by atoms with Crippen LogP contribution in [0, 0.1) is 5.92 Å². The Kier molecular flexibility index (Phi) is 4.98. The topological polar surface area (TPSA) is 59.1 Å². The van der Waals surface area contributed by atoms with E-state index in [4.69, 9.17) is 4.74 Å². The van der Waals surface area contributed by atoms with Crippen LogP contribution >= 0.6 is 0 Å². The predicted octanol–water partition coefficient (Wildman–Crippen LogP) is 1.60. The molecule has 5 nitrogen and oxygen atoms in total. The minimum absolute atomic E-state index is 0.254. The van der Waals surface area contributed by atoms with Gasteiger partial charge in [0.15, 0.2) is 0 Å². The standard InChI is InChI=1S/C11H20N4O/c1-8(2)9(6-16-4)15-11-5-10(12-3)13-7-14-11/h5,7-9H,6H2,1-4H3,(H2,12,13,14,15). The average molecular weight is 224 g/mol. The molecule has 0 saturated heterocycles. The Morgan fingerprint density at radius 1 is 1.31 bits per heavy atom. The first kappa shape index (κ1) is 12.7. The van der Waals surface area contributed by atoms with Crippen LogP contribution in [0.2, 0.25) is 0 Å². The molecule has 0 aliphatic rings. The summed E-state index contributed by atoms with van der Waals surface area (Å²) in [7, 11) is 3.54. The first-order chi connectivity index (χ1) is 7.67. The van der Waals surface area contributed by atoms with Gasteiger partial charge in [-0.1, -0.05) is 13.8 Å². The van der Waals surface area contributed by atoms with Crippen molar-refractivity contribution in [3.05, 3.63) is 12.4 Å². The third kappa shape index (κ3) is 3.66. The molecule has 0 aromatic carbocycles. The summed E-state index contributed by atoms with van der Waals surface area (Å²) in [5.41, 5.74) is 0. The molecular weight excluding hydrogens is 204 g/mol. The van der Waals surface area contributed by atoms with Crippen molar-refractivity contribution < 1.29 is 4.74 Å². The molecule has 0 fully saturated rings. The van der Waals surface area contributed by atoms with E-state index in [-0.39, 0.29) is 6.04 Å². The molecule has 16 heavy (non-hydrogen) atoms. The number of hydrogen-bond acceptors (Lipinski definition) is 5.